The summed E-state index contributed by atoms with van der Waals surface area (Å²) >= 11 is 0. The highest BCUT2D eigenvalue weighted by Crippen LogP contribution is 2.22. The number of carboxylic acid groups (broad SMARTS) is 1. The van der Waals surface area contributed by atoms with Crippen LogP contribution in [0.2, 0.25) is 0 Å². The second-order valence-electron chi connectivity index (χ2n) is 4.87. The van der Waals surface area contributed by atoms with E-state index in [1.165, 1.54) is 0 Å². The van der Waals surface area contributed by atoms with Gasteiger partial charge in [-0.1, -0.05) is 12.6 Å². The number of methoxy groups -OCH3 is 1. The number of aliphatic carboxylic acids is 1. The topological polar surface area (TPSA) is 53.0 Å². The number of piperazine rings is 1. The molecule has 0 aliphatic carbocycles. The summed E-state index contributed by atoms with van der Waals surface area (Å²) in [6.07, 6.45) is 0. The number of nitrogens with zero attached hydrogens (tertiary/aromatic N) is 2. The zero-order valence-electron chi connectivity index (χ0n) is 11.7. The molecule has 0 radical (unpaired) electrons. The van der Waals surface area contributed by atoms with Crippen LogP contribution in [0.4, 0.5) is 5.69 Å². The molecule has 1 aliphatic heterocycles. The molecule has 5 heteroatoms. The second kappa shape index (κ2) is 6.43. The summed E-state index contributed by atoms with van der Waals surface area (Å²) in [6, 6.07) is 7.99. The Morgan fingerprint density at radius 1 is 1.35 bits per heavy atom. The summed E-state index contributed by atoms with van der Waals surface area (Å²) < 4.78 is 5.23. The normalized spacial score (nSPS) is 15.9. The van der Waals surface area contributed by atoms with E-state index in [0.717, 1.165) is 37.6 Å². The van der Waals surface area contributed by atoms with Crippen molar-refractivity contribution < 1.29 is 14.6 Å². The highest BCUT2D eigenvalue weighted by Gasteiger charge is 2.19. The Kier molecular flexibility index (Phi) is 4.63. The third-order valence-corrected chi connectivity index (χ3v) is 3.51. The lowest BCUT2D eigenvalue weighted by molar-refractivity contribution is -0.132. The molecular weight excluding hydrogens is 256 g/mol. The summed E-state index contributed by atoms with van der Waals surface area (Å²) in [5.41, 5.74) is 1.39. The lowest BCUT2D eigenvalue weighted by Crippen LogP contribution is -2.47. The van der Waals surface area contributed by atoms with E-state index in [4.69, 9.17) is 9.84 Å². The monoisotopic (exact) mass is 276 g/mol. The summed E-state index contributed by atoms with van der Waals surface area (Å²) in [6.45, 7) is 7.43. The molecule has 2 rings (SSSR count). The molecule has 0 spiro atoms. The fraction of sp³-hybridized carbons (Fsp3) is 0.400. The molecule has 1 fully saturated rings. The van der Waals surface area contributed by atoms with E-state index in [1.54, 1.807) is 7.11 Å². The Hall–Kier alpha value is -2.01. The van der Waals surface area contributed by atoms with Crippen molar-refractivity contribution in [3.05, 3.63) is 36.4 Å². The Morgan fingerprint density at radius 2 is 2.05 bits per heavy atom. The van der Waals surface area contributed by atoms with Gasteiger partial charge in [-0.3, -0.25) is 4.90 Å². The van der Waals surface area contributed by atoms with Crippen LogP contribution in [0.3, 0.4) is 0 Å². The molecule has 0 amide bonds. The first kappa shape index (κ1) is 14.4. The molecule has 20 heavy (non-hydrogen) atoms. The molecule has 0 unspecified atom stereocenters. The molecule has 0 atom stereocenters. The lowest BCUT2D eigenvalue weighted by atomic mass is 10.2. The first-order chi connectivity index (χ1) is 9.60. The van der Waals surface area contributed by atoms with E-state index in [-0.39, 0.29) is 5.57 Å². The maximum absolute atomic E-state index is 10.8. The van der Waals surface area contributed by atoms with Crippen LogP contribution in [0.1, 0.15) is 0 Å². The number of carboxylic acids is 1. The number of anilines is 1. The SMILES string of the molecule is C=C(CN1CCN(c2cccc(OC)c2)CC1)C(=O)O. The van der Waals surface area contributed by atoms with Gasteiger partial charge in [0.1, 0.15) is 5.75 Å². The maximum Gasteiger partial charge on any atom is 0.332 e. The molecule has 5 nitrogen and oxygen atoms in total. The summed E-state index contributed by atoms with van der Waals surface area (Å²) in [5.74, 6) is -0.0654. The van der Waals surface area contributed by atoms with E-state index in [9.17, 15) is 4.79 Å². The van der Waals surface area contributed by atoms with Crippen molar-refractivity contribution in [2.24, 2.45) is 0 Å². The molecule has 1 N–H and O–H groups in total. The van der Waals surface area contributed by atoms with Gasteiger partial charge in [-0.05, 0) is 12.1 Å². The number of hydrogen-bond acceptors (Lipinski definition) is 4. The third kappa shape index (κ3) is 3.51. The van der Waals surface area contributed by atoms with Crippen molar-refractivity contribution in [3.8, 4) is 5.75 Å². The van der Waals surface area contributed by atoms with Gasteiger partial charge in [-0.2, -0.15) is 0 Å². The van der Waals surface area contributed by atoms with Crippen molar-refractivity contribution in [1.29, 1.82) is 0 Å². The van der Waals surface area contributed by atoms with E-state index < -0.39 is 5.97 Å². The average molecular weight is 276 g/mol. The van der Waals surface area contributed by atoms with Gasteiger partial charge in [0, 0.05) is 50.1 Å². The van der Waals surface area contributed by atoms with Crippen LogP contribution in [0.5, 0.6) is 5.75 Å². The number of benzene rings is 1. The van der Waals surface area contributed by atoms with Crippen molar-refractivity contribution >= 4 is 11.7 Å². The van der Waals surface area contributed by atoms with Crippen molar-refractivity contribution in [2.45, 2.75) is 0 Å². The molecule has 1 saturated heterocycles. The van der Waals surface area contributed by atoms with Gasteiger partial charge in [0.2, 0.25) is 0 Å². The zero-order chi connectivity index (χ0) is 14.5. The van der Waals surface area contributed by atoms with Crippen molar-refractivity contribution in [2.75, 3.05) is 44.7 Å². The standard InChI is InChI=1S/C15H20N2O3/c1-12(15(18)19)11-16-6-8-17(9-7-16)13-4-3-5-14(10-13)20-2/h3-5,10H,1,6-9,11H2,2H3,(H,18,19). The largest absolute Gasteiger partial charge is 0.497 e. The first-order valence-electron chi connectivity index (χ1n) is 6.62. The average Bonchev–Trinajstić information content (AvgIpc) is 2.48. The number of carbonyl (C=O) groups is 1. The summed E-state index contributed by atoms with van der Waals surface area (Å²) in [5, 5.41) is 8.85. The third-order valence-electron chi connectivity index (χ3n) is 3.51. The molecule has 1 aromatic rings. The number of rotatable bonds is 5. The smallest absolute Gasteiger partial charge is 0.332 e. The van der Waals surface area contributed by atoms with Crippen molar-refractivity contribution in [3.63, 3.8) is 0 Å². The van der Waals surface area contributed by atoms with Gasteiger partial charge in [0.25, 0.3) is 0 Å². The maximum atomic E-state index is 10.8. The minimum atomic E-state index is -0.916. The molecule has 1 aromatic carbocycles. The van der Waals surface area contributed by atoms with Crippen LogP contribution in [-0.4, -0.2) is 55.8 Å². The molecule has 1 heterocycles. The summed E-state index contributed by atoms with van der Waals surface area (Å²) in [7, 11) is 1.66. The molecule has 108 valence electrons. The van der Waals surface area contributed by atoms with E-state index >= 15 is 0 Å². The van der Waals surface area contributed by atoms with Crippen LogP contribution in [0.15, 0.2) is 36.4 Å². The van der Waals surface area contributed by atoms with E-state index in [0.29, 0.717) is 6.54 Å². The van der Waals surface area contributed by atoms with E-state index in [1.807, 2.05) is 18.2 Å². The number of hydrogen-bond donors (Lipinski definition) is 1. The first-order valence-corrected chi connectivity index (χ1v) is 6.62. The van der Waals surface area contributed by atoms with Crippen LogP contribution in [0.25, 0.3) is 0 Å². The van der Waals surface area contributed by atoms with Crippen LogP contribution in [-0.2, 0) is 4.79 Å². The minimum Gasteiger partial charge on any atom is -0.497 e. The fourth-order valence-corrected chi connectivity index (χ4v) is 2.31. The summed E-state index contributed by atoms with van der Waals surface area (Å²) in [4.78, 5) is 15.2. The van der Waals surface area contributed by atoms with Crippen LogP contribution in [0, 0.1) is 0 Å². The quantitative estimate of drug-likeness (QED) is 0.825. The predicted molar refractivity (Wildman–Crippen MR) is 78.4 cm³/mol. The fourth-order valence-electron chi connectivity index (χ4n) is 2.31. The van der Waals surface area contributed by atoms with Gasteiger partial charge < -0.3 is 14.7 Å². The highest BCUT2D eigenvalue weighted by molar-refractivity contribution is 5.86. The molecule has 0 aromatic heterocycles. The predicted octanol–water partition coefficient (Wildman–Crippen LogP) is 1.46. The van der Waals surface area contributed by atoms with Gasteiger partial charge >= 0.3 is 5.97 Å². The van der Waals surface area contributed by atoms with E-state index in [2.05, 4.69) is 22.4 Å². The highest BCUT2D eigenvalue weighted by atomic mass is 16.5. The minimum absolute atomic E-state index is 0.250. The van der Waals surface area contributed by atoms with Gasteiger partial charge in [0.05, 0.1) is 7.11 Å². The van der Waals surface area contributed by atoms with Gasteiger partial charge in [0.15, 0.2) is 0 Å². The zero-order valence-corrected chi connectivity index (χ0v) is 11.7. The molecule has 0 bridgehead atoms. The molecular formula is C15H20N2O3. The van der Waals surface area contributed by atoms with Crippen LogP contribution < -0.4 is 9.64 Å². The Labute approximate surface area is 119 Å². The Morgan fingerprint density at radius 3 is 2.65 bits per heavy atom. The number of ether oxygens (including phenoxy) is 1. The lowest BCUT2D eigenvalue weighted by Gasteiger charge is -2.36. The molecule has 0 saturated carbocycles. The van der Waals surface area contributed by atoms with Gasteiger partial charge in [-0.15, -0.1) is 0 Å². The van der Waals surface area contributed by atoms with Crippen molar-refractivity contribution in [1.82, 2.24) is 4.90 Å². The molecule has 1 aliphatic rings. The van der Waals surface area contributed by atoms with Crippen LogP contribution >= 0.6 is 0 Å². The second-order valence-corrected chi connectivity index (χ2v) is 4.87. The Bertz CT molecular complexity index is 494. The van der Waals surface area contributed by atoms with Gasteiger partial charge in [-0.25, -0.2) is 4.79 Å². The Balaban J connectivity index is 1.90.